The van der Waals surface area contributed by atoms with E-state index in [-0.39, 0.29) is 11.9 Å². The molecule has 0 aliphatic heterocycles. The van der Waals surface area contributed by atoms with E-state index < -0.39 is 12.0 Å². The highest BCUT2D eigenvalue weighted by molar-refractivity contribution is 5.89. The molecular formula is C15H14N7O3+. The highest BCUT2D eigenvalue weighted by atomic mass is 16.4. The van der Waals surface area contributed by atoms with Gasteiger partial charge in [0.25, 0.3) is 6.04 Å². The number of aliphatic carboxylic acids is 1. The van der Waals surface area contributed by atoms with Crippen LogP contribution in [0.1, 0.15) is 18.9 Å². The van der Waals surface area contributed by atoms with E-state index >= 15 is 0 Å². The minimum Gasteiger partial charge on any atom is -0.476 e. The lowest BCUT2D eigenvalue weighted by Gasteiger charge is -2.01. The molecule has 0 spiro atoms. The van der Waals surface area contributed by atoms with Gasteiger partial charge in [-0.15, -0.1) is 14.9 Å². The Kier molecular flexibility index (Phi) is 2.67. The molecule has 0 bridgehead atoms. The number of furan rings is 1. The molecule has 4 aromatic heterocycles. The van der Waals surface area contributed by atoms with Crippen molar-refractivity contribution in [1.82, 2.24) is 24.7 Å². The van der Waals surface area contributed by atoms with Crippen LogP contribution < -0.4 is 10.4 Å². The number of fused-ring (bicyclic) bond motifs is 3. The van der Waals surface area contributed by atoms with Crippen molar-refractivity contribution in [3.63, 3.8) is 0 Å². The van der Waals surface area contributed by atoms with E-state index in [0.29, 0.717) is 28.3 Å². The van der Waals surface area contributed by atoms with E-state index in [2.05, 4.69) is 20.2 Å². The first-order valence-electron chi connectivity index (χ1n) is 7.84. The second-order valence-electron chi connectivity index (χ2n) is 6.15. The highest BCUT2D eigenvalue weighted by Gasteiger charge is 2.45. The number of carbonyl (C=O) groups is 1. The molecule has 4 N–H and O–H groups in total. The molecule has 0 aromatic carbocycles. The maximum absolute atomic E-state index is 11.6. The van der Waals surface area contributed by atoms with Crippen LogP contribution in [-0.2, 0) is 4.79 Å². The standard InChI is InChI=1S/C15H13N7O3/c16-15-18-11-8(6-21(19-11)10(14(23)24)7-3-4-7)13-17-12(20-22(13)15)9-2-1-5-25-9/h1-2,5-7,10H,3-4H2,(H3,16,18,19,23,24)/p+1. The zero-order valence-electron chi connectivity index (χ0n) is 13.0. The van der Waals surface area contributed by atoms with Crippen molar-refractivity contribution in [2.45, 2.75) is 18.9 Å². The topological polar surface area (TPSA) is 139 Å². The second-order valence-corrected chi connectivity index (χ2v) is 6.15. The minimum atomic E-state index is -0.874. The summed E-state index contributed by atoms with van der Waals surface area (Å²) in [4.78, 5) is 20.4. The van der Waals surface area contributed by atoms with Crippen molar-refractivity contribution >= 4 is 28.6 Å². The lowest BCUT2D eigenvalue weighted by molar-refractivity contribution is -0.763. The number of carboxylic acid groups (broad SMARTS) is 1. The quantitative estimate of drug-likeness (QED) is 0.466. The molecule has 4 aromatic rings. The molecule has 0 radical (unpaired) electrons. The number of carboxylic acids is 1. The van der Waals surface area contributed by atoms with Gasteiger partial charge >= 0.3 is 5.97 Å². The van der Waals surface area contributed by atoms with E-state index in [9.17, 15) is 9.90 Å². The largest absolute Gasteiger partial charge is 0.476 e. The van der Waals surface area contributed by atoms with Gasteiger partial charge in [0.2, 0.25) is 23.6 Å². The molecule has 10 heteroatoms. The van der Waals surface area contributed by atoms with Crippen molar-refractivity contribution in [2.24, 2.45) is 5.92 Å². The monoisotopic (exact) mass is 340 g/mol. The van der Waals surface area contributed by atoms with E-state index in [4.69, 9.17) is 10.2 Å². The first-order chi connectivity index (χ1) is 12.1. The number of anilines is 1. The fourth-order valence-electron chi connectivity index (χ4n) is 3.09. The molecule has 1 unspecified atom stereocenters. The highest BCUT2D eigenvalue weighted by Crippen LogP contribution is 2.37. The Bertz CT molecular complexity index is 1110. The minimum absolute atomic E-state index is 0.125. The van der Waals surface area contributed by atoms with Gasteiger partial charge in [0.05, 0.1) is 6.26 Å². The second kappa shape index (κ2) is 4.79. The summed E-state index contributed by atoms with van der Waals surface area (Å²) >= 11 is 0. The molecule has 1 aliphatic rings. The zero-order chi connectivity index (χ0) is 17.1. The SMILES string of the molecule is Nc1nc2[nH][n+](C(C(=O)O)C3CC3)cc2c2nc(-c3ccco3)nn12. The Labute approximate surface area is 139 Å². The Hall–Kier alpha value is -3.43. The summed E-state index contributed by atoms with van der Waals surface area (Å²) in [5.74, 6) is 0.304. The summed E-state index contributed by atoms with van der Waals surface area (Å²) in [5, 5.41) is 17.5. The molecule has 1 fully saturated rings. The Morgan fingerprint density at radius 2 is 2.32 bits per heavy atom. The van der Waals surface area contributed by atoms with Gasteiger partial charge in [-0.05, 0) is 25.0 Å². The lowest BCUT2D eigenvalue weighted by atomic mass is 10.2. The normalized spacial score (nSPS) is 15.8. The molecule has 1 atom stereocenters. The molecule has 1 saturated carbocycles. The smallest absolute Gasteiger partial charge is 0.376 e. The molecule has 0 saturated heterocycles. The summed E-state index contributed by atoms with van der Waals surface area (Å²) in [7, 11) is 0. The number of nitrogens with two attached hydrogens (primary N) is 1. The summed E-state index contributed by atoms with van der Waals surface area (Å²) in [6, 6.07) is 2.85. The molecule has 126 valence electrons. The first-order valence-corrected chi connectivity index (χ1v) is 7.84. The third-order valence-electron chi connectivity index (χ3n) is 4.41. The van der Waals surface area contributed by atoms with E-state index in [1.54, 1.807) is 23.0 Å². The molecule has 25 heavy (non-hydrogen) atoms. The van der Waals surface area contributed by atoms with Gasteiger partial charge in [0.15, 0.2) is 11.4 Å². The van der Waals surface area contributed by atoms with Crippen LogP contribution in [0.15, 0.2) is 29.0 Å². The number of aromatic amines is 1. The van der Waals surface area contributed by atoms with Gasteiger partial charge in [-0.2, -0.15) is 9.50 Å². The van der Waals surface area contributed by atoms with Crippen molar-refractivity contribution in [1.29, 1.82) is 0 Å². The summed E-state index contributed by atoms with van der Waals surface area (Å²) in [6.45, 7) is 0. The average molecular weight is 340 g/mol. The van der Waals surface area contributed by atoms with E-state index in [0.717, 1.165) is 12.8 Å². The Morgan fingerprint density at radius 3 is 3.00 bits per heavy atom. The number of nitrogens with one attached hydrogen (secondary N) is 1. The molecule has 1 aliphatic carbocycles. The van der Waals surface area contributed by atoms with Crippen molar-refractivity contribution < 1.29 is 19.0 Å². The number of hydrogen-bond donors (Lipinski definition) is 3. The van der Waals surface area contributed by atoms with Gasteiger partial charge in [-0.25, -0.2) is 9.78 Å². The first kappa shape index (κ1) is 14.0. The fourth-order valence-corrected chi connectivity index (χ4v) is 3.09. The van der Waals surface area contributed by atoms with Crippen LogP contribution in [0.2, 0.25) is 0 Å². The number of hydrogen-bond acceptors (Lipinski definition) is 6. The molecule has 4 heterocycles. The van der Waals surface area contributed by atoms with Crippen LogP contribution in [0.25, 0.3) is 28.3 Å². The summed E-state index contributed by atoms with van der Waals surface area (Å²) in [5.41, 5.74) is 6.94. The van der Waals surface area contributed by atoms with Crippen LogP contribution in [-0.4, -0.2) is 35.8 Å². The van der Waals surface area contributed by atoms with Crippen molar-refractivity contribution in [3.05, 3.63) is 24.6 Å². The van der Waals surface area contributed by atoms with Crippen molar-refractivity contribution in [3.8, 4) is 11.6 Å². The molecular weight excluding hydrogens is 326 g/mol. The maximum Gasteiger partial charge on any atom is 0.376 e. The van der Waals surface area contributed by atoms with Crippen LogP contribution >= 0.6 is 0 Å². The number of H-pyrrole nitrogens is 1. The maximum atomic E-state index is 11.6. The number of nitrogens with zero attached hydrogens (tertiary/aromatic N) is 5. The molecule has 5 rings (SSSR count). The zero-order valence-corrected chi connectivity index (χ0v) is 13.0. The van der Waals surface area contributed by atoms with Crippen molar-refractivity contribution in [2.75, 3.05) is 5.73 Å². The van der Waals surface area contributed by atoms with Crippen LogP contribution in [0.5, 0.6) is 0 Å². The van der Waals surface area contributed by atoms with E-state index in [1.165, 1.54) is 10.8 Å². The van der Waals surface area contributed by atoms with Crippen LogP contribution in [0, 0.1) is 5.92 Å². The average Bonchev–Trinajstić information content (AvgIpc) is 3.01. The number of aromatic nitrogens is 6. The van der Waals surface area contributed by atoms with Gasteiger partial charge in [-0.3, -0.25) is 0 Å². The Morgan fingerprint density at radius 1 is 1.48 bits per heavy atom. The van der Waals surface area contributed by atoms with E-state index in [1.807, 2.05) is 0 Å². The number of nitrogen functional groups attached to an aromatic ring is 1. The van der Waals surface area contributed by atoms with Gasteiger partial charge < -0.3 is 15.3 Å². The van der Waals surface area contributed by atoms with Gasteiger partial charge in [0, 0.05) is 5.92 Å². The molecule has 10 nitrogen and oxygen atoms in total. The van der Waals surface area contributed by atoms with Gasteiger partial charge in [-0.1, -0.05) is 0 Å². The predicted molar refractivity (Wildman–Crippen MR) is 84.3 cm³/mol. The fraction of sp³-hybridized carbons (Fsp3) is 0.267. The molecule has 0 amide bonds. The van der Waals surface area contributed by atoms with Gasteiger partial charge in [0.1, 0.15) is 5.39 Å². The number of rotatable bonds is 4. The summed E-state index contributed by atoms with van der Waals surface area (Å²) < 4.78 is 8.32. The predicted octanol–water partition coefficient (Wildman–Crippen LogP) is 0.771. The lowest BCUT2D eigenvalue weighted by Crippen LogP contribution is -2.46. The van der Waals surface area contributed by atoms with Crippen LogP contribution in [0.3, 0.4) is 0 Å². The Balaban J connectivity index is 1.72. The third-order valence-corrected chi connectivity index (χ3v) is 4.41. The third kappa shape index (κ3) is 2.07. The summed E-state index contributed by atoms with van der Waals surface area (Å²) in [6.07, 6.45) is 5.04. The van der Waals surface area contributed by atoms with Crippen LogP contribution in [0.4, 0.5) is 5.95 Å².